The van der Waals surface area contributed by atoms with Gasteiger partial charge in [-0.05, 0) is 25.0 Å². The van der Waals surface area contributed by atoms with Crippen LogP contribution >= 0.6 is 0 Å². The SMILES string of the molecule is C#CCOc1ccc(F)cc1NC(=O)N1CCC[C@@H](c2ncc[nH]2)C1. The van der Waals surface area contributed by atoms with E-state index in [9.17, 15) is 9.18 Å². The predicted octanol–water partition coefficient (Wildman–Crippen LogP) is 2.97. The van der Waals surface area contributed by atoms with Crippen LogP contribution in [-0.2, 0) is 0 Å². The van der Waals surface area contributed by atoms with E-state index in [4.69, 9.17) is 11.2 Å². The van der Waals surface area contributed by atoms with Crippen molar-refractivity contribution >= 4 is 11.7 Å². The van der Waals surface area contributed by atoms with Crippen molar-refractivity contribution in [2.24, 2.45) is 0 Å². The van der Waals surface area contributed by atoms with E-state index >= 15 is 0 Å². The van der Waals surface area contributed by atoms with Crippen molar-refractivity contribution in [3.8, 4) is 18.1 Å². The molecule has 0 bridgehead atoms. The number of likely N-dealkylation sites (tertiary alicyclic amines) is 1. The number of terminal acetylenes is 1. The molecule has 2 amide bonds. The van der Waals surface area contributed by atoms with Crippen molar-refractivity contribution in [2.45, 2.75) is 18.8 Å². The molecule has 0 saturated carbocycles. The zero-order chi connectivity index (χ0) is 17.6. The maximum Gasteiger partial charge on any atom is 0.321 e. The summed E-state index contributed by atoms with van der Waals surface area (Å²) < 4.78 is 18.9. The third kappa shape index (κ3) is 4.10. The number of halogens is 1. The summed E-state index contributed by atoms with van der Waals surface area (Å²) in [5.74, 6) is 3.27. The number of aromatic nitrogens is 2. The van der Waals surface area contributed by atoms with Gasteiger partial charge < -0.3 is 19.9 Å². The number of nitrogens with one attached hydrogen (secondary N) is 2. The summed E-state index contributed by atoms with van der Waals surface area (Å²) in [7, 11) is 0. The van der Waals surface area contributed by atoms with Crippen molar-refractivity contribution < 1.29 is 13.9 Å². The summed E-state index contributed by atoms with van der Waals surface area (Å²) in [6, 6.07) is 3.63. The molecular formula is C18H19FN4O2. The Morgan fingerprint density at radius 1 is 1.56 bits per heavy atom. The summed E-state index contributed by atoms with van der Waals surface area (Å²) in [6.45, 7) is 1.23. The molecule has 1 aromatic carbocycles. The maximum absolute atomic E-state index is 13.5. The first-order valence-corrected chi connectivity index (χ1v) is 8.08. The number of nitrogens with zero attached hydrogens (tertiary/aromatic N) is 2. The summed E-state index contributed by atoms with van der Waals surface area (Å²) in [5.41, 5.74) is 0.264. The highest BCUT2D eigenvalue weighted by Gasteiger charge is 2.26. The molecule has 1 aliphatic rings. The Balaban J connectivity index is 1.69. The third-order valence-corrected chi connectivity index (χ3v) is 4.11. The number of aromatic amines is 1. The van der Waals surface area contributed by atoms with Gasteiger partial charge in [0.1, 0.15) is 24.0 Å². The number of piperidine rings is 1. The van der Waals surface area contributed by atoms with E-state index in [1.54, 1.807) is 17.3 Å². The van der Waals surface area contributed by atoms with Crippen LogP contribution in [0.2, 0.25) is 0 Å². The van der Waals surface area contributed by atoms with Crippen molar-refractivity contribution in [3.05, 3.63) is 42.2 Å². The maximum atomic E-state index is 13.5. The fraction of sp³-hybridized carbons (Fsp3) is 0.333. The number of imidazole rings is 1. The first-order valence-electron chi connectivity index (χ1n) is 8.08. The van der Waals surface area contributed by atoms with E-state index in [2.05, 4.69) is 21.2 Å². The number of hydrogen-bond acceptors (Lipinski definition) is 3. The molecule has 6 nitrogen and oxygen atoms in total. The molecular weight excluding hydrogens is 323 g/mol. The lowest BCUT2D eigenvalue weighted by atomic mass is 9.98. The molecule has 2 aromatic rings. The van der Waals surface area contributed by atoms with E-state index in [1.807, 2.05) is 0 Å². The highest BCUT2D eigenvalue weighted by molar-refractivity contribution is 5.91. The normalized spacial score (nSPS) is 17.0. The molecule has 1 aliphatic heterocycles. The molecule has 1 aromatic heterocycles. The number of benzene rings is 1. The topological polar surface area (TPSA) is 70.2 Å². The Bertz CT molecular complexity index is 770. The van der Waals surface area contributed by atoms with Gasteiger partial charge in [0.25, 0.3) is 0 Å². The number of hydrogen-bond donors (Lipinski definition) is 2. The predicted molar refractivity (Wildman–Crippen MR) is 91.9 cm³/mol. The first kappa shape index (κ1) is 16.8. The minimum atomic E-state index is -0.463. The second kappa shape index (κ2) is 7.71. The Morgan fingerprint density at radius 3 is 3.20 bits per heavy atom. The van der Waals surface area contributed by atoms with Crippen LogP contribution in [0.5, 0.6) is 5.75 Å². The van der Waals surface area contributed by atoms with E-state index in [-0.39, 0.29) is 24.2 Å². The Hall–Kier alpha value is -3.01. The monoisotopic (exact) mass is 342 g/mol. The standard InChI is InChI=1S/C18H19FN4O2/c1-2-10-25-16-6-5-14(19)11-15(16)22-18(24)23-9-3-4-13(12-23)17-20-7-8-21-17/h1,5-8,11,13H,3-4,9-10,12H2,(H,20,21)(H,22,24)/t13-/m1/s1. The molecule has 3 rings (SSSR count). The summed E-state index contributed by atoms with van der Waals surface area (Å²) in [6.07, 6.45) is 10.5. The molecule has 0 aliphatic carbocycles. The summed E-state index contributed by atoms with van der Waals surface area (Å²) in [5, 5.41) is 2.72. The van der Waals surface area contributed by atoms with E-state index < -0.39 is 5.82 Å². The zero-order valence-electron chi connectivity index (χ0n) is 13.7. The Labute approximate surface area is 145 Å². The number of ether oxygens (including phenoxy) is 1. The number of rotatable bonds is 4. The van der Waals surface area contributed by atoms with Crippen LogP contribution in [0.3, 0.4) is 0 Å². The average molecular weight is 342 g/mol. The van der Waals surface area contributed by atoms with Gasteiger partial charge in [-0.25, -0.2) is 14.2 Å². The second-order valence-corrected chi connectivity index (χ2v) is 5.82. The second-order valence-electron chi connectivity index (χ2n) is 5.82. The van der Waals surface area contributed by atoms with E-state index in [1.165, 1.54) is 18.2 Å². The molecule has 2 heterocycles. The lowest BCUT2D eigenvalue weighted by Gasteiger charge is -2.32. The Kier molecular flexibility index (Phi) is 5.19. The molecule has 0 radical (unpaired) electrons. The molecule has 1 atom stereocenters. The molecule has 1 fully saturated rings. The van der Waals surface area contributed by atoms with Crippen molar-refractivity contribution in [1.29, 1.82) is 0 Å². The lowest BCUT2D eigenvalue weighted by molar-refractivity contribution is 0.191. The van der Waals surface area contributed by atoms with Gasteiger partial charge in [-0.1, -0.05) is 5.92 Å². The van der Waals surface area contributed by atoms with Crippen LogP contribution in [0, 0.1) is 18.2 Å². The minimum Gasteiger partial charge on any atom is -0.479 e. The van der Waals surface area contributed by atoms with Crippen molar-refractivity contribution in [1.82, 2.24) is 14.9 Å². The molecule has 0 spiro atoms. The smallest absolute Gasteiger partial charge is 0.321 e. The molecule has 130 valence electrons. The van der Waals surface area contributed by atoms with Gasteiger partial charge in [-0.2, -0.15) is 0 Å². The highest BCUT2D eigenvalue weighted by Crippen LogP contribution is 2.28. The minimum absolute atomic E-state index is 0.0405. The lowest BCUT2D eigenvalue weighted by Crippen LogP contribution is -2.41. The largest absolute Gasteiger partial charge is 0.479 e. The first-order chi connectivity index (χ1) is 12.2. The molecule has 2 N–H and O–H groups in total. The summed E-state index contributed by atoms with van der Waals surface area (Å²) >= 11 is 0. The van der Waals surface area contributed by atoms with Crippen molar-refractivity contribution in [3.63, 3.8) is 0 Å². The fourth-order valence-corrected chi connectivity index (χ4v) is 2.92. The number of amides is 2. The van der Waals surface area contributed by atoms with Gasteiger partial charge in [0.15, 0.2) is 0 Å². The van der Waals surface area contributed by atoms with Crippen LogP contribution in [0.4, 0.5) is 14.9 Å². The zero-order valence-corrected chi connectivity index (χ0v) is 13.7. The van der Waals surface area contributed by atoms with Gasteiger partial charge in [-0.15, -0.1) is 6.42 Å². The fourth-order valence-electron chi connectivity index (χ4n) is 2.92. The summed E-state index contributed by atoms with van der Waals surface area (Å²) in [4.78, 5) is 21.7. The third-order valence-electron chi connectivity index (χ3n) is 4.11. The van der Waals surface area contributed by atoms with E-state index in [0.717, 1.165) is 18.7 Å². The van der Waals surface area contributed by atoms with Gasteiger partial charge in [0.2, 0.25) is 0 Å². The van der Waals surface area contributed by atoms with E-state index in [0.29, 0.717) is 18.8 Å². The quantitative estimate of drug-likeness (QED) is 0.839. The number of carbonyl (C=O) groups excluding carboxylic acids is 1. The van der Waals surface area contributed by atoms with Crippen LogP contribution < -0.4 is 10.1 Å². The van der Waals surface area contributed by atoms with Crippen LogP contribution in [0.1, 0.15) is 24.6 Å². The number of urea groups is 1. The molecule has 1 saturated heterocycles. The van der Waals surface area contributed by atoms with Crippen LogP contribution in [-0.4, -0.2) is 40.6 Å². The van der Waals surface area contributed by atoms with Crippen LogP contribution in [0.25, 0.3) is 0 Å². The van der Waals surface area contributed by atoms with Gasteiger partial charge in [0, 0.05) is 37.5 Å². The molecule has 0 unspecified atom stereocenters. The highest BCUT2D eigenvalue weighted by atomic mass is 19.1. The van der Waals surface area contributed by atoms with Gasteiger partial charge in [-0.3, -0.25) is 0 Å². The van der Waals surface area contributed by atoms with Gasteiger partial charge >= 0.3 is 6.03 Å². The van der Waals surface area contributed by atoms with Gasteiger partial charge in [0.05, 0.1) is 5.69 Å². The average Bonchev–Trinajstić information content (AvgIpc) is 3.16. The molecule has 7 heteroatoms. The number of carbonyl (C=O) groups is 1. The Morgan fingerprint density at radius 2 is 2.44 bits per heavy atom. The number of anilines is 1. The van der Waals surface area contributed by atoms with Crippen molar-refractivity contribution in [2.75, 3.05) is 25.0 Å². The van der Waals surface area contributed by atoms with Crippen LogP contribution in [0.15, 0.2) is 30.6 Å². The molecule has 25 heavy (non-hydrogen) atoms. The number of H-pyrrole nitrogens is 1.